The normalized spacial score (nSPS) is 15.0. The Kier molecular flexibility index (Phi) is 7.66. The Labute approximate surface area is 74.8 Å². The molecule has 0 fully saturated rings. The molecule has 2 atom stereocenters. The molecule has 0 amide bonds. The topological polar surface area (TPSA) is 57.2 Å². The van der Waals surface area contributed by atoms with E-state index in [9.17, 15) is 14.1 Å². The van der Waals surface area contributed by atoms with E-state index < -0.39 is 22.0 Å². The molecule has 0 bridgehead atoms. The molecule has 3 nitrogen and oxygen atoms in total. The van der Waals surface area contributed by atoms with Gasteiger partial charge in [0.2, 0.25) is 0 Å². The van der Waals surface area contributed by atoms with E-state index in [0.29, 0.717) is 6.42 Å². The number of hydrogen-bond donors (Lipinski definition) is 0. The molecule has 0 spiro atoms. The van der Waals surface area contributed by atoms with Gasteiger partial charge in [-0.3, -0.25) is 4.21 Å². The zero-order valence-electron chi connectivity index (χ0n) is 6.42. The SMILES string of the molecule is CCC(C(=O)[O-])S(C)=O.[Li+]. The Morgan fingerprint density at radius 2 is 2.10 bits per heavy atom. The van der Waals surface area contributed by atoms with Crippen LogP contribution in [0, 0.1) is 0 Å². The second-order valence-corrected chi connectivity index (χ2v) is 3.28. The van der Waals surface area contributed by atoms with E-state index in [1.165, 1.54) is 6.26 Å². The van der Waals surface area contributed by atoms with E-state index in [4.69, 9.17) is 0 Å². The maximum absolute atomic E-state index is 10.5. The average Bonchev–Trinajstić information content (AvgIpc) is 1.64. The van der Waals surface area contributed by atoms with E-state index in [1.54, 1.807) is 6.92 Å². The monoisotopic (exact) mass is 156 g/mol. The molecular weight excluding hydrogens is 147 g/mol. The Balaban J connectivity index is 0. The van der Waals surface area contributed by atoms with Crippen LogP contribution in [0.2, 0.25) is 0 Å². The molecule has 0 aromatic rings. The van der Waals surface area contributed by atoms with Crippen LogP contribution in [-0.2, 0) is 15.6 Å². The van der Waals surface area contributed by atoms with Crippen LogP contribution in [0.1, 0.15) is 13.3 Å². The summed E-state index contributed by atoms with van der Waals surface area (Å²) >= 11 is 0. The van der Waals surface area contributed by atoms with Crippen molar-refractivity contribution in [3.05, 3.63) is 0 Å². The van der Waals surface area contributed by atoms with Crippen LogP contribution < -0.4 is 24.0 Å². The van der Waals surface area contributed by atoms with Gasteiger partial charge in [0, 0.05) is 17.1 Å². The van der Waals surface area contributed by atoms with Crippen LogP contribution in [0.4, 0.5) is 0 Å². The van der Waals surface area contributed by atoms with E-state index in [1.807, 2.05) is 0 Å². The zero-order chi connectivity index (χ0) is 7.44. The molecule has 0 radical (unpaired) electrons. The molecule has 0 rings (SSSR count). The van der Waals surface area contributed by atoms with Crippen molar-refractivity contribution >= 4 is 16.8 Å². The molecule has 0 aliphatic heterocycles. The fourth-order valence-corrected chi connectivity index (χ4v) is 1.28. The van der Waals surface area contributed by atoms with Crippen LogP contribution in [0.15, 0.2) is 0 Å². The first kappa shape index (κ1) is 12.9. The van der Waals surface area contributed by atoms with Crippen molar-refractivity contribution in [3.63, 3.8) is 0 Å². The quantitative estimate of drug-likeness (QED) is 0.390. The van der Waals surface area contributed by atoms with Crippen LogP contribution in [0.25, 0.3) is 0 Å². The number of carboxylic acids is 1. The minimum atomic E-state index is -1.30. The number of carbonyl (C=O) groups excluding carboxylic acids is 1. The zero-order valence-corrected chi connectivity index (χ0v) is 7.23. The van der Waals surface area contributed by atoms with Gasteiger partial charge < -0.3 is 9.90 Å². The molecule has 0 aromatic heterocycles. The van der Waals surface area contributed by atoms with Crippen molar-refractivity contribution in [2.24, 2.45) is 0 Å². The summed E-state index contributed by atoms with van der Waals surface area (Å²) in [6, 6.07) is 0. The molecule has 10 heavy (non-hydrogen) atoms. The number of rotatable bonds is 3. The minimum Gasteiger partial charge on any atom is -0.549 e. The first-order chi connectivity index (χ1) is 4.09. The average molecular weight is 156 g/mol. The Morgan fingerprint density at radius 3 is 2.10 bits per heavy atom. The van der Waals surface area contributed by atoms with Gasteiger partial charge in [-0.1, -0.05) is 6.92 Å². The van der Waals surface area contributed by atoms with Gasteiger partial charge in [-0.15, -0.1) is 0 Å². The van der Waals surface area contributed by atoms with Crippen molar-refractivity contribution in [1.82, 2.24) is 0 Å². The third-order valence-corrected chi connectivity index (χ3v) is 2.36. The fraction of sp³-hybridized carbons (Fsp3) is 0.800. The van der Waals surface area contributed by atoms with Crippen molar-refractivity contribution in [2.75, 3.05) is 6.26 Å². The predicted molar refractivity (Wildman–Crippen MR) is 33.2 cm³/mol. The molecule has 0 saturated carbocycles. The van der Waals surface area contributed by atoms with Gasteiger partial charge in [0.15, 0.2) is 0 Å². The Hall–Kier alpha value is 0.217. The van der Waals surface area contributed by atoms with Crippen molar-refractivity contribution in [1.29, 1.82) is 0 Å². The van der Waals surface area contributed by atoms with Gasteiger partial charge in [-0.05, 0) is 6.42 Å². The largest absolute Gasteiger partial charge is 1.00 e. The van der Waals surface area contributed by atoms with Gasteiger partial charge in [0.25, 0.3) is 0 Å². The van der Waals surface area contributed by atoms with Gasteiger partial charge >= 0.3 is 18.9 Å². The molecular formula is C5H9LiO3S. The number of aliphatic carboxylic acids is 1. The number of carbonyl (C=O) groups is 1. The smallest absolute Gasteiger partial charge is 0.549 e. The fourth-order valence-electron chi connectivity index (χ4n) is 0.537. The molecule has 0 N–H and O–H groups in total. The summed E-state index contributed by atoms with van der Waals surface area (Å²) in [4.78, 5) is 10.1. The first-order valence-corrected chi connectivity index (χ1v) is 4.24. The van der Waals surface area contributed by atoms with E-state index in [-0.39, 0.29) is 18.9 Å². The van der Waals surface area contributed by atoms with Crippen molar-refractivity contribution in [2.45, 2.75) is 18.6 Å². The standard InChI is InChI=1S/C5H10O3S.Li/c1-3-4(5(6)7)9(2)8;/h4H,3H2,1-2H3,(H,6,7);/q;+1/p-1. The van der Waals surface area contributed by atoms with Crippen LogP contribution in [-0.4, -0.2) is 21.7 Å². The van der Waals surface area contributed by atoms with Gasteiger partial charge in [-0.25, -0.2) is 0 Å². The summed E-state index contributed by atoms with van der Waals surface area (Å²) in [5.74, 6) is -1.22. The van der Waals surface area contributed by atoms with Crippen molar-refractivity contribution < 1.29 is 33.0 Å². The third-order valence-electron chi connectivity index (χ3n) is 1.03. The predicted octanol–water partition coefficient (Wildman–Crippen LogP) is -4.10. The molecule has 54 valence electrons. The van der Waals surface area contributed by atoms with E-state index in [0.717, 1.165) is 0 Å². The minimum absolute atomic E-state index is 0. The van der Waals surface area contributed by atoms with Crippen molar-refractivity contribution in [3.8, 4) is 0 Å². The van der Waals surface area contributed by atoms with Crippen LogP contribution >= 0.6 is 0 Å². The molecule has 0 aromatic carbocycles. The second kappa shape index (κ2) is 5.96. The van der Waals surface area contributed by atoms with Gasteiger partial charge in [0.05, 0.1) is 11.2 Å². The summed E-state index contributed by atoms with van der Waals surface area (Å²) in [5, 5.41) is 9.27. The van der Waals surface area contributed by atoms with Crippen LogP contribution in [0.5, 0.6) is 0 Å². The maximum Gasteiger partial charge on any atom is 1.00 e. The second-order valence-electron chi connectivity index (χ2n) is 1.71. The summed E-state index contributed by atoms with van der Waals surface area (Å²) in [5.41, 5.74) is 0. The third kappa shape index (κ3) is 4.10. The van der Waals surface area contributed by atoms with E-state index >= 15 is 0 Å². The van der Waals surface area contributed by atoms with E-state index in [2.05, 4.69) is 0 Å². The van der Waals surface area contributed by atoms with Gasteiger partial charge in [-0.2, -0.15) is 0 Å². The first-order valence-electron chi connectivity index (χ1n) is 2.62. The maximum atomic E-state index is 10.5. The molecule has 0 aliphatic carbocycles. The summed E-state index contributed by atoms with van der Waals surface area (Å²) in [6.07, 6.45) is 1.73. The molecule has 0 saturated heterocycles. The summed E-state index contributed by atoms with van der Waals surface area (Å²) < 4.78 is 10.5. The summed E-state index contributed by atoms with van der Waals surface area (Å²) in [6.45, 7) is 1.67. The van der Waals surface area contributed by atoms with Gasteiger partial charge in [0.1, 0.15) is 0 Å². The number of hydrogen-bond acceptors (Lipinski definition) is 3. The summed E-state index contributed by atoms with van der Waals surface area (Å²) in [7, 11) is -1.30. The Bertz CT molecular complexity index is 123. The number of carboxylic acid groups (broad SMARTS) is 1. The Morgan fingerprint density at radius 1 is 1.70 bits per heavy atom. The molecule has 5 heteroatoms. The van der Waals surface area contributed by atoms with Crippen LogP contribution in [0.3, 0.4) is 0 Å². The molecule has 2 unspecified atom stereocenters. The molecule has 0 aliphatic rings. The molecule has 0 heterocycles.